The van der Waals surface area contributed by atoms with Crippen LogP contribution in [0.3, 0.4) is 0 Å². The van der Waals surface area contributed by atoms with E-state index in [4.69, 9.17) is 0 Å². The average molecular weight is 286 g/mol. The fourth-order valence-electron chi connectivity index (χ4n) is 2.37. The molecule has 0 atom stereocenters. The van der Waals surface area contributed by atoms with Crippen LogP contribution in [0.15, 0.2) is 48.5 Å². The number of nitrogens with one attached hydrogen (secondary N) is 1. The topological polar surface area (TPSA) is 15.3 Å². The van der Waals surface area contributed by atoms with E-state index in [9.17, 15) is 4.39 Å². The Morgan fingerprint density at radius 1 is 0.810 bits per heavy atom. The summed E-state index contributed by atoms with van der Waals surface area (Å²) in [5.41, 5.74) is 3.62. The molecule has 2 rings (SSSR count). The van der Waals surface area contributed by atoms with Crippen molar-refractivity contribution < 1.29 is 4.39 Å². The van der Waals surface area contributed by atoms with Gasteiger partial charge in [0.2, 0.25) is 0 Å². The highest BCUT2D eigenvalue weighted by atomic mass is 19.1. The summed E-state index contributed by atoms with van der Waals surface area (Å²) < 4.78 is 12.8. The van der Waals surface area contributed by atoms with Crippen molar-refractivity contribution >= 4 is 5.69 Å². The predicted octanol–water partition coefficient (Wildman–Crippen LogP) is 3.96. The SMILES string of the molecule is CCN(CC)c1ccc(CNCc2ccc(F)cc2)cc1. The van der Waals surface area contributed by atoms with Gasteiger partial charge in [0.1, 0.15) is 5.82 Å². The first-order valence-corrected chi connectivity index (χ1v) is 7.52. The van der Waals surface area contributed by atoms with Crippen LogP contribution in [0.5, 0.6) is 0 Å². The zero-order valence-corrected chi connectivity index (χ0v) is 12.8. The minimum Gasteiger partial charge on any atom is -0.372 e. The lowest BCUT2D eigenvalue weighted by Crippen LogP contribution is -2.21. The van der Waals surface area contributed by atoms with Crippen LogP contribution in [0.25, 0.3) is 0 Å². The molecule has 0 bridgehead atoms. The van der Waals surface area contributed by atoms with E-state index >= 15 is 0 Å². The summed E-state index contributed by atoms with van der Waals surface area (Å²) in [6.07, 6.45) is 0. The number of hydrogen-bond acceptors (Lipinski definition) is 2. The Labute approximate surface area is 126 Å². The molecule has 0 spiro atoms. The Hall–Kier alpha value is -1.87. The van der Waals surface area contributed by atoms with Crippen molar-refractivity contribution in [2.24, 2.45) is 0 Å². The van der Waals surface area contributed by atoms with Crippen molar-refractivity contribution in [1.82, 2.24) is 5.32 Å². The Balaban J connectivity index is 1.84. The first-order chi connectivity index (χ1) is 10.2. The van der Waals surface area contributed by atoms with E-state index in [0.717, 1.165) is 31.7 Å². The molecule has 0 fully saturated rings. The molecule has 0 aliphatic rings. The maximum Gasteiger partial charge on any atom is 0.123 e. The zero-order chi connectivity index (χ0) is 15.1. The molecule has 0 saturated carbocycles. The molecule has 112 valence electrons. The first kappa shape index (κ1) is 15.5. The van der Waals surface area contributed by atoms with Crippen LogP contribution in [0, 0.1) is 5.82 Å². The summed E-state index contributed by atoms with van der Waals surface area (Å²) in [6.45, 7) is 7.95. The molecule has 0 saturated heterocycles. The van der Waals surface area contributed by atoms with E-state index < -0.39 is 0 Å². The summed E-state index contributed by atoms with van der Waals surface area (Å²) in [4.78, 5) is 2.33. The number of anilines is 1. The molecule has 2 nitrogen and oxygen atoms in total. The number of nitrogens with zero attached hydrogens (tertiary/aromatic N) is 1. The molecule has 0 aromatic heterocycles. The van der Waals surface area contributed by atoms with Gasteiger partial charge in [-0.05, 0) is 49.2 Å². The van der Waals surface area contributed by atoms with Crippen LogP contribution in [0.2, 0.25) is 0 Å². The lowest BCUT2D eigenvalue weighted by Gasteiger charge is -2.21. The van der Waals surface area contributed by atoms with Crippen LogP contribution >= 0.6 is 0 Å². The van der Waals surface area contributed by atoms with Gasteiger partial charge in [0.15, 0.2) is 0 Å². The average Bonchev–Trinajstić information content (AvgIpc) is 2.52. The molecule has 0 aliphatic heterocycles. The summed E-state index contributed by atoms with van der Waals surface area (Å²) in [5, 5.41) is 3.38. The van der Waals surface area contributed by atoms with Crippen LogP contribution < -0.4 is 10.2 Å². The Bertz CT molecular complexity index is 530. The fourth-order valence-corrected chi connectivity index (χ4v) is 2.37. The van der Waals surface area contributed by atoms with Crippen molar-refractivity contribution in [3.63, 3.8) is 0 Å². The largest absolute Gasteiger partial charge is 0.372 e. The molecule has 3 heteroatoms. The molecule has 0 amide bonds. The second-order valence-corrected chi connectivity index (χ2v) is 5.07. The molecule has 0 unspecified atom stereocenters. The monoisotopic (exact) mass is 286 g/mol. The second-order valence-electron chi connectivity index (χ2n) is 5.07. The van der Waals surface area contributed by atoms with E-state index in [2.05, 4.69) is 48.3 Å². The van der Waals surface area contributed by atoms with Gasteiger partial charge in [-0.15, -0.1) is 0 Å². The van der Waals surface area contributed by atoms with Crippen molar-refractivity contribution in [3.05, 3.63) is 65.5 Å². The minimum absolute atomic E-state index is 0.189. The van der Waals surface area contributed by atoms with Gasteiger partial charge < -0.3 is 10.2 Å². The Kier molecular flexibility index (Phi) is 5.76. The maximum absolute atomic E-state index is 12.8. The van der Waals surface area contributed by atoms with Crippen molar-refractivity contribution in [2.45, 2.75) is 26.9 Å². The molecule has 2 aromatic carbocycles. The molecular weight excluding hydrogens is 263 g/mol. The summed E-state index contributed by atoms with van der Waals surface area (Å²) >= 11 is 0. The van der Waals surface area contributed by atoms with Crippen LogP contribution in [-0.2, 0) is 13.1 Å². The van der Waals surface area contributed by atoms with E-state index in [1.165, 1.54) is 23.4 Å². The number of benzene rings is 2. The molecular formula is C18H23FN2. The molecule has 0 heterocycles. The summed E-state index contributed by atoms with van der Waals surface area (Å²) in [7, 11) is 0. The molecule has 1 N–H and O–H groups in total. The van der Waals surface area contributed by atoms with Gasteiger partial charge in [-0.25, -0.2) is 4.39 Å². The van der Waals surface area contributed by atoms with Gasteiger partial charge >= 0.3 is 0 Å². The molecule has 21 heavy (non-hydrogen) atoms. The highest BCUT2D eigenvalue weighted by Crippen LogP contribution is 2.14. The third kappa shape index (κ3) is 4.57. The standard InChI is InChI=1S/C18H23FN2/c1-3-21(4-2)18-11-7-16(8-12-18)14-20-13-15-5-9-17(19)10-6-15/h5-12,20H,3-4,13-14H2,1-2H3. The van der Waals surface area contributed by atoms with Gasteiger partial charge in [0.25, 0.3) is 0 Å². The van der Waals surface area contributed by atoms with Crippen LogP contribution in [0.4, 0.5) is 10.1 Å². The lowest BCUT2D eigenvalue weighted by atomic mass is 10.1. The second kappa shape index (κ2) is 7.79. The quantitative estimate of drug-likeness (QED) is 0.828. The Morgan fingerprint density at radius 3 is 1.76 bits per heavy atom. The van der Waals surface area contributed by atoms with E-state index in [-0.39, 0.29) is 5.82 Å². The Morgan fingerprint density at radius 2 is 1.29 bits per heavy atom. The highest BCUT2D eigenvalue weighted by Gasteiger charge is 2.01. The molecule has 0 radical (unpaired) electrons. The van der Waals surface area contributed by atoms with E-state index in [1.807, 2.05) is 12.1 Å². The van der Waals surface area contributed by atoms with Crippen molar-refractivity contribution in [2.75, 3.05) is 18.0 Å². The summed E-state index contributed by atoms with van der Waals surface area (Å²) in [5.74, 6) is -0.189. The van der Waals surface area contributed by atoms with Crippen LogP contribution in [0.1, 0.15) is 25.0 Å². The maximum atomic E-state index is 12.8. The molecule has 0 aliphatic carbocycles. The number of rotatable bonds is 7. The minimum atomic E-state index is -0.189. The number of halogens is 1. The highest BCUT2D eigenvalue weighted by molar-refractivity contribution is 5.47. The van der Waals surface area contributed by atoms with Gasteiger partial charge in [0.05, 0.1) is 0 Å². The van der Waals surface area contributed by atoms with Gasteiger partial charge in [-0.2, -0.15) is 0 Å². The smallest absolute Gasteiger partial charge is 0.123 e. The third-order valence-corrected chi connectivity index (χ3v) is 3.64. The lowest BCUT2D eigenvalue weighted by molar-refractivity contribution is 0.625. The van der Waals surface area contributed by atoms with Crippen molar-refractivity contribution in [1.29, 1.82) is 0 Å². The third-order valence-electron chi connectivity index (χ3n) is 3.64. The summed E-state index contributed by atoms with van der Waals surface area (Å²) in [6, 6.07) is 15.3. The molecule has 2 aromatic rings. The normalized spacial score (nSPS) is 10.6. The van der Waals surface area contributed by atoms with E-state index in [0.29, 0.717) is 0 Å². The van der Waals surface area contributed by atoms with Crippen molar-refractivity contribution in [3.8, 4) is 0 Å². The van der Waals surface area contributed by atoms with Crippen LogP contribution in [-0.4, -0.2) is 13.1 Å². The number of hydrogen-bond donors (Lipinski definition) is 1. The fraction of sp³-hybridized carbons (Fsp3) is 0.333. The van der Waals surface area contributed by atoms with E-state index in [1.54, 1.807) is 0 Å². The first-order valence-electron chi connectivity index (χ1n) is 7.52. The zero-order valence-electron chi connectivity index (χ0n) is 12.8. The van der Waals surface area contributed by atoms with Gasteiger partial charge in [-0.3, -0.25) is 0 Å². The van der Waals surface area contributed by atoms with Gasteiger partial charge in [0, 0.05) is 31.9 Å². The predicted molar refractivity (Wildman–Crippen MR) is 86.9 cm³/mol. The van der Waals surface area contributed by atoms with Gasteiger partial charge in [-0.1, -0.05) is 24.3 Å².